The van der Waals surface area contributed by atoms with E-state index in [0.717, 1.165) is 0 Å². The fourth-order valence-corrected chi connectivity index (χ4v) is 1.81. The predicted octanol–water partition coefficient (Wildman–Crippen LogP) is 3.09. The Morgan fingerprint density at radius 3 is 1.90 bits per heavy atom. The molecule has 0 saturated heterocycles. The maximum absolute atomic E-state index is 12.2. The Labute approximate surface area is 115 Å². The predicted molar refractivity (Wildman–Crippen MR) is 66.3 cm³/mol. The Balaban J connectivity index is 3.08. The average molecular weight is 294 g/mol. The lowest BCUT2D eigenvalue weighted by Crippen LogP contribution is -2.11. The van der Waals surface area contributed by atoms with Crippen LogP contribution in [0, 0.1) is 0 Å². The van der Waals surface area contributed by atoms with E-state index in [1.54, 1.807) is 0 Å². The summed E-state index contributed by atoms with van der Waals surface area (Å²) >= 11 is 0. The first-order valence-electron chi connectivity index (χ1n) is 5.87. The molecular formula is C13H17F3O4. The Morgan fingerprint density at radius 2 is 1.55 bits per heavy atom. The third-order valence-corrected chi connectivity index (χ3v) is 2.79. The van der Waals surface area contributed by atoms with Crippen LogP contribution in [0.1, 0.15) is 24.5 Å². The van der Waals surface area contributed by atoms with Gasteiger partial charge >= 0.3 is 6.18 Å². The highest BCUT2D eigenvalue weighted by Gasteiger charge is 2.30. The standard InChI is InChI=1S/C13H17F3O4/c1-18-8-6-10(19-2)12(11(7-8)20-3)9(17)4-5-13(14,15)16/h6-7,9,17H,4-5H2,1-3H3. The largest absolute Gasteiger partial charge is 0.496 e. The van der Waals surface area contributed by atoms with E-state index < -0.39 is 25.1 Å². The van der Waals surface area contributed by atoms with Crippen molar-refractivity contribution in [3.8, 4) is 17.2 Å². The minimum Gasteiger partial charge on any atom is -0.496 e. The maximum Gasteiger partial charge on any atom is 0.389 e. The molecule has 1 unspecified atom stereocenters. The number of hydrogen-bond donors (Lipinski definition) is 1. The molecule has 0 aliphatic heterocycles. The van der Waals surface area contributed by atoms with E-state index in [4.69, 9.17) is 14.2 Å². The lowest BCUT2D eigenvalue weighted by atomic mass is 10.0. The fraction of sp³-hybridized carbons (Fsp3) is 0.538. The molecule has 0 heterocycles. The second-order valence-electron chi connectivity index (χ2n) is 4.12. The van der Waals surface area contributed by atoms with Gasteiger partial charge in [-0.2, -0.15) is 13.2 Å². The zero-order valence-electron chi connectivity index (χ0n) is 11.5. The van der Waals surface area contributed by atoms with Gasteiger partial charge in [-0.15, -0.1) is 0 Å². The molecular weight excluding hydrogens is 277 g/mol. The summed E-state index contributed by atoms with van der Waals surface area (Å²) in [6.45, 7) is 0. The molecule has 7 heteroatoms. The van der Waals surface area contributed by atoms with Crippen LogP contribution in [0.4, 0.5) is 13.2 Å². The minimum absolute atomic E-state index is 0.181. The van der Waals surface area contributed by atoms with E-state index in [1.165, 1.54) is 33.5 Å². The van der Waals surface area contributed by atoms with Gasteiger partial charge in [0.05, 0.1) is 33.0 Å². The Bertz CT molecular complexity index is 421. The van der Waals surface area contributed by atoms with Gasteiger partial charge < -0.3 is 19.3 Å². The molecule has 4 nitrogen and oxygen atoms in total. The van der Waals surface area contributed by atoms with Crippen LogP contribution in [-0.2, 0) is 0 Å². The highest BCUT2D eigenvalue weighted by atomic mass is 19.4. The van der Waals surface area contributed by atoms with Crippen molar-refractivity contribution in [2.45, 2.75) is 25.1 Å². The monoisotopic (exact) mass is 294 g/mol. The first kappa shape index (κ1) is 16.4. The molecule has 0 saturated carbocycles. The molecule has 0 radical (unpaired) electrons. The summed E-state index contributed by atoms with van der Waals surface area (Å²) in [4.78, 5) is 0. The SMILES string of the molecule is COc1cc(OC)c(C(O)CCC(F)(F)F)c(OC)c1. The van der Waals surface area contributed by atoms with Crippen LogP contribution in [0.2, 0.25) is 0 Å². The summed E-state index contributed by atoms with van der Waals surface area (Å²) < 4.78 is 51.9. The summed E-state index contributed by atoms with van der Waals surface area (Å²) in [5, 5.41) is 9.97. The van der Waals surface area contributed by atoms with Crippen molar-refractivity contribution in [1.82, 2.24) is 0 Å². The molecule has 0 aromatic heterocycles. The van der Waals surface area contributed by atoms with E-state index in [-0.39, 0.29) is 17.1 Å². The van der Waals surface area contributed by atoms with Crippen molar-refractivity contribution in [1.29, 1.82) is 0 Å². The molecule has 0 fully saturated rings. The first-order valence-corrected chi connectivity index (χ1v) is 5.87. The topological polar surface area (TPSA) is 47.9 Å². The lowest BCUT2D eigenvalue weighted by Gasteiger charge is -2.19. The van der Waals surface area contributed by atoms with E-state index in [2.05, 4.69) is 0 Å². The van der Waals surface area contributed by atoms with E-state index in [0.29, 0.717) is 5.75 Å². The van der Waals surface area contributed by atoms with Crippen molar-refractivity contribution in [3.05, 3.63) is 17.7 Å². The van der Waals surface area contributed by atoms with Gasteiger partial charge in [0.15, 0.2) is 0 Å². The molecule has 1 atom stereocenters. The van der Waals surface area contributed by atoms with Gasteiger partial charge in [0.1, 0.15) is 17.2 Å². The summed E-state index contributed by atoms with van der Waals surface area (Å²) in [5.74, 6) is 0.859. The quantitative estimate of drug-likeness (QED) is 0.876. The molecule has 0 spiro atoms. The smallest absolute Gasteiger partial charge is 0.389 e. The second kappa shape index (κ2) is 6.69. The van der Waals surface area contributed by atoms with Gasteiger partial charge in [-0.3, -0.25) is 0 Å². The molecule has 1 N–H and O–H groups in total. The van der Waals surface area contributed by atoms with Crippen LogP contribution in [0.15, 0.2) is 12.1 Å². The summed E-state index contributed by atoms with van der Waals surface area (Å²) in [5.41, 5.74) is 0.181. The zero-order chi connectivity index (χ0) is 15.3. The van der Waals surface area contributed by atoms with Crippen molar-refractivity contribution in [2.75, 3.05) is 21.3 Å². The Kier molecular flexibility index (Phi) is 5.50. The number of halogens is 3. The van der Waals surface area contributed by atoms with Gasteiger partial charge in [0, 0.05) is 18.6 Å². The number of benzene rings is 1. The third kappa shape index (κ3) is 4.19. The second-order valence-corrected chi connectivity index (χ2v) is 4.12. The number of aliphatic hydroxyl groups is 1. The third-order valence-electron chi connectivity index (χ3n) is 2.79. The summed E-state index contributed by atoms with van der Waals surface area (Å²) in [7, 11) is 4.15. The van der Waals surface area contributed by atoms with Gasteiger partial charge in [0.2, 0.25) is 0 Å². The van der Waals surface area contributed by atoms with Crippen LogP contribution >= 0.6 is 0 Å². The first-order chi connectivity index (χ1) is 9.32. The number of rotatable bonds is 6. The molecule has 20 heavy (non-hydrogen) atoms. The number of aliphatic hydroxyl groups excluding tert-OH is 1. The van der Waals surface area contributed by atoms with Crippen molar-refractivity contribution in [2.24, 2.45) is 0 Å². The Morgan fingerprint density at radius 1 is 1.05 bits per heavy atom. The highest BCUT2D eigenvalue weighted by molar-refractivity contribution is 5.51. The molecule has 1 aromatic carbocycles. The van der Waals surface area contributed by atoms with Gasteiger partial charge in [0.25, 0.3) is 0 Å². The molecule has 0 bridgehead atoms. The summed E-state index contributed by atoms with van der Waals surface area (Å²) in [6, 6.07) is 2.96. The molecule has 114 valence electrons. The van der Waals surface area contributed by atoms with Crippen LogP contribution in [0.25, 0.3) is 0 Å². The average Bonchev–Trinajstić information content (AvgIpc) is 2.42. The maximum atomic E-state index is 12.2. The molecule has 1 aromatic rings. The Hall–Kier alpha value is -1.63. The number of ether oxygens (including phenoxy) is 3. The van der Waals surface area contributed by atoms with E-state index >= 15 is 0 Å². The number of methoxy groups -OCH3 is 3. The van der Waals surface area contributed by atoms with Crippen LogP contribution in [0.5, 0.6) is 17.2 Å². The molecule has 0 aliphatic carbocycles. The van der Waals surface area contributed by atoms with Crippen LogP contribution < -0.4 is 14.2 Å². The van der Waals surface area contributed by atoms with Crippen LogP contribution in [0.3, 0.4) is 0 Å². The van der Waals surface area contributed by atoms with Gasteiger partial charge in [-0.1, -0.05) is 0 Å². The minimum atomic E-state index is -4.33. The molecule has 1 rings (SSSR count). The zero-order valence-corrected chi connectivity index (χ0v) is 11.5. The lowest BCUT2D eigenvalue weighted by molar-refractivity contribution is -0.140. The van der Waals surface area contributed by atoms with E-state index in [1.807, 2.05) is 0 Å². The van der Waals surface area contributed by atoms with Crippen molar-refractivity contribution < 1.29 is 32.5 Å². The van der Waals surface area contributed by atoms with Crippen LogP contribution in [-0.4, -0.2) is 32.6 Å². The number of alkyl halides is 3. The van der Waals surface area contributed by atoms with Crippen molar-refractivity contribution in [3.63, 3.8) is 0 Å². The summed E-state index contributed by atoms with van der Waals surface area (Å²) in [6.07, 6.45) is -7.23. The normalized spacial score (nSPS) is 12.9. The van der Waals surface area contributed by atoms with Gasteiger partial charge in [-0.25, -0.2) is 0 Å². The number of hydrogen-bond acceptors (Lipinski definition) is 4. The molecule has 0 aliphatic rings. The van der Waals surface area contributed by atoms with Crippen molar-refractivity contribution >= 4 is 0 Å². The highest BCUT2D eigenvalue weighted by Crippen LogP contribution is 2.40. The fourth-order valence-electron chi connectivity index (χ4n) is 1.81. The van der Waals surface area contributed by atoms with E-state index in [9.17, 15) is 18.3 Å². The van der Waals surface area contributed by atoms with Gasteiger partial charge in [-0.05, 0) is 6.42 Å². The molecule has 0 amide bonds.